The number of aliphatic hydroxyl groups excluding tert-OH is 1. The lowest BCUT2D eigenvalue weighted by molar-refractivity contribution is 0.167. The molecule has 2 unspecified atom stereocenters. The van der Waals surface area contributed by atoms with Crippen molar-refractivity contribution in [1.29, 1.82) is 0 Å². The number of hydrogen-bond donors (Lipinski definition) is 1. The van der Waals surface area contributed by atoms with Crippen LogP contribution in [0.2, 0.25) is 0 Å². The van der Waals surface area contributed by atoms with E-state index in [4.69, 9.17) is 11.5 Å². The number of terminal acetylenes is 1. The van der Waals surface area contributed by atoms with Gasteiger partial charge >= 0.3 is 0 Å². The molecule has 0 fully saturated rings. The lowest BCUT2D eigenvalue weighted by atomic mass is 9.72. The fourth-order valence-electron chi connectivity index (χ4n) is 1.48. The van der Waals surface area contributed by atoms with Crippen LogP contribution in [0.5, 0.6) is 0 Å². The third kappa shape index (κ3) is 1.46. The molecule has 0 aromatic heterocycles. The Labute approximate surface area is 68.1 Å². The van der Waals surface area contributed by atoms with Gasteiger partial charge in [0.1, 0.15) is 0 Å². The molecule has 11 heavy (non-hydrogen) atoms. The second-order valence-electron chi connectivity index (χ2n) is 3.32. The zero-order valence-corrected chi connectivity index (χ0v) is 6.88. The topological polar surface area (TPSA) is 20.2 Å². The van der Waals surface area contributed by atoms with Gasteiger partial charge in [-0.2, -0.15) is 0 Å². The molecule has 1 aliphatic rings. The predicted octanol–water partition coefficient (Wildman–Crippen LogP) is 1.58. The summed E-state index contributed by atoms with van der Waals surface area (Å²) in [6.45, 7) is 2.20. The van der Waals surface area contributed by atoms with E-state index in [0.29, 0.717) is 0 Å². The second-order valence-corrected chi connectivity index (χ2v) is 3.32. The molecule has 0 aromatic carbocycles. The molecule has 1 nitrogen and oxygen atoms in total. The highest BCUT2D eigenvalue weighted by Gasteiger charge is 2.31. The van der Waals surface area contributed by atoms with Crippen LogP contribution in [0.25, 0.3) is 0 Å². The van der Waals surface area contributed by atoms with Crippen LogP contribution in [0.15, 0.2) is 12.2 Å². The van der Waals surface area contributed by atoms with Gasteiger partial charge in [-0.25, -0.2) is 0 Å². The van der Waals surface area contributed by atoms with Crippen LogP contribution in [-0.4, -0.2) is 11.7 Å². The lowest BCUT2D eigenvalue weighted by Gasteiger charge is -2.32. The summed E-state index contributed by atoms with van der Waals surface area (Å²) in [7, 11) is 0. The normalized spacial score (nSPS) is 36.6. The Bertz CT molecular complexity index is 199. The molecule has 0 saturated heterocycles. The molecule has 0 aliphatic heterocycles. The summed E-state index contributed by atoms with van der Waals surface area (Å²) < 4.78 is 0. The van der Waals surface area contributed by atoms with E-state index in [2.05, 4.69) is 12.0 Å². The number of hydrogen-bond acceptors (Lipinski definition) is 1. The van der Waals surface area contributed by atoms with Crippen LogP contribution in [0.1, 0.15) is 19.8 Å². The van der Waals surface area contributed by atoms with Crippen molar-refractivity contribution < 1.29 is 5.11 Å². The summed E-state index contributed by atoms with van der Waals surface area (Å²) in [5.41, 5.74) is -0.122. The molecule has 0 heterocycles. The van der Waals surface area contributed by atoms with Gasteiger partial charge in [0.2, 0.25) is 0 Å². The zero-order chi connectivity index (χ0) is 8.32. The molecule has 1 N–H and O–H groups in total. The molecule has 1 aliphatic carbocycles. The number of rotatable bonds is 1. The molecule has 0 bridgehead atoms. The highest BCUT2D eigenvalue weighted by Crippen LogP contribution is 2.36. The van der Waals surface area contributed by atoms with Crippen LogP contribution >= 0.6 is 0 Å². The molecule has 0 saturated carbocycles. The quantitative estimate of drug-likeness (QED) is 0.444. The Morgan fingerprint density at radius 2 is 2.55 bits per heavy atom. The van der Waals surface area contributed by atoms with E-state index in [1.165, 1.54) is 0 Å². The summed E-state index contributed by atoms with van der Waals surface area (Å²) >= 11 is 0. The SMILES string of the molecule is C#CC1(C)CCC=CC1CO. The largest absolute Gasteiger partial charge is 0.396 e. The van der Waals surface area contributed by atoms with Crippen molar-refractivity contribution in [3.8, 4) is 12.3 Å². The average molecular weight is 150 g/mol. The Morgan fingerprint density at radius 1 is 1.82 bits per heavy atom. The van der Waals surface area contributed by atoms with Crippen molar-refractivity contribution in [1.82, 2.24) is 0 Å². The van der Waals surface area contributed by atoms with Gasteiger partial charge in [0.15, 0.2) is 0 Å². The maximum atomic E-state index is 9.01. The summed E-state index contributed by atoms with van der Waals surface area (Å²) in [5, 5.41) is 9.01. The summed E-state index contributed by atoms with van der Waals surface area (Å²) in [5.74, 6) is 2.92. The fourth-order valence-corrected chi connectivity index (χ4v) is 1.48. The smallest absolute Gasteiger partial charge is 0.0508 e. The maximum Gasteiger partial charge on any atom is 0.0508 e. The van der Waals surface area contributed by atoms with E-state index in [-0.39, 0.29) is 17.9 Å². The van der Waals surface area contributed by atoms with Crippen molar-refractivity contribution in [2.24, 2.45) is 11.3 Å². The Hall–Kier alpha value is -0.740. The summed E-state index contributed by atoms with van der Waals surface area (Å²) in [6.07, 6.45) is 11.6. The first-order valence-electron chi connectivity index (χ1n) is 3.98. The van der Waals surface area contributed by atoms with E-state index < -0.39 is 0 Å². The highest BCUT2D eigenvalue weighted by atomic mass is 16.3. The molecule has 0 spiro atoms. The minimum absolute atomic E-state index is 0.122. The van der Waals surface area contributed by atoms with Crippen molar-refractivity contribution in [3.63, 3.8) is 0 Å². The Balaban J connectivity index is 2.80. The zero-order valence-electron chi connectivity index (χ0n) is 6.88. The van der Waals surface area contributed by atoms with E-state index >= 15 is 0 Å². The van der Waals surface area contributed by atoms with Gasteiger partial charge in [-0.15, -0.1) is 6.42 Å². The average Bonchev–Trinajstić information content (AvgIpc) is 2.05. The van der Waals surface area contributed by atoms with Crippen LogP contribution in [0, 0.1) is 23.7 Å². The third-order valence-corrected chi connectivity index (χ3v) is 2.54. The van der Waals surface area contributed by atoms with Crippen LogP contribution in [0.4, 0.5) is 0 Å². The first kappa shape index (κ1) is 8.36. The Morgan fingerprint density at radius 3 is 3.00 bits per heavy atom. The van der Waals surface area contributed by atoms with Gasteiger partial charge in [-0.3, -0.25) is 0 Å². The van der Waals surface area contributed by atoms with Crippen molar-refractivity contribution in [2.45, 2.75) is 19.8 Å². The summed E-state index contributed by atoms with van der Waals surface area (Å²) in [4.78, 5) is 0. The van der Waals surface area contributed by atoms with Crippen LogP contribution in [-0.2, 0) is 0 Å². The van der Waals surface area contributed by atoms with Gasteiger partial charge in [0.25, 0.3) is 0 Å². The molecule has 1 heteroatoms. The molecule has 0 amide bonds. The molecule has 0 radical (unpaired) electrons. The van der Waals surface area contributed by atoms with E-state index in [9.17, 15) is 0 Å². The van der Waals surface area contributed by atoms with Crippen molar-refractivity contribution in [2.75, 3.05) is 6.61 Å². The van der Waals surface area contributed by atoms with E-state index in [1.807, 2.05) is 13.0 Å². The lowest BCUT2D eigenvalue weighted by Crippen LogP contribution is -2.29. The minimum atomic E-state index is -0.122. The minimum Gasteiger partial charge on any atom is -0.396 e. The van der Waals surface area contributed by atoms with Gasteiger partial charge in [-0.05, 0) is 19.8 Å². The number of aliphatic hydroxyl groups is 1. The maximum absolute atomic E-state index is 9.01. The number of allylic oxidation sites excluding steroid dienone is 1. The van der Waals surface area contributed by atoms with Crippen LogP contribution in [0.3, 0.4) is 0 Å². The molecular weight excluding hydrogens is 136 g/mol. The van der Waals surface area contributed by atoms with Gasteiger partial charge in [0.05, 0.1) is 6.61 Å². The molecule has 2 atom stereocenters. The van der Waals surface area contributed by atoms with Gasteiger partial charge in [0, 0.05) is 11.3 Å². The first-order valence-corrected chi connectivity index (χ1v) is 3.98. The van der Waals surface area contributed by atoms with Crippen molar-refractivity contribution in [3.05, 3.63) is 12.2 Å². The molecular formula is C10H14O. The molecule has 1 rings (SSSR count). The standard InChI is InChI=1S/C10H14O/c1-3-10(2)7-5-4-6-9(10)8-11/h1,4,6,9,11H,5,7-8H2,2H3. The second kappa shape index (κ2) is 3.11. The summed E-state index contributed by atoms with van der Waals surface area (Å²) in [6, 6.07) is 0. The van der Waals surface area contributed by atoms with E-state index in [1.54, 1.807) is 0 Å². The molecule has 60 valence electrons. The van der Waals surface area contributed by atoms with E-state index in [0.717, 1.165) is 12.8 Å². The van der Waals surface area contributed by atoms with Gasteiger partial charge < -0.3 is 5.11 Å². The third-order valence-electron chi connectivity index (χ3n) is 2.54. The van der Waals surface area contributed by atoms with Gasteiger partial charge in [-0.1, -0.05) is 18.1 Å². The first-order chi connectivity index (χ1) is 5.23. The predicted molar refractivity (Wildman–Crippen MR) is 45.9 cm³/mol. The highest BCUT2D eigenvalue weighted by molar-refractivity contribution is 5.14. The van der Waals surface area contributed by atoms with Crippen molar-refractivity contribution >= 4 is 0 Å². The monoisotopic (exact) mass is 150 g/mol. The fraction of sp³-hybridized carbons (Fsp3) is 0.600. The molecule has 0 aromatic rings. The Kier molecular flexibility index (Phi) is 2.36. The van der Waals surface area contributed by atoms with Crippen LogP contribution < -0.4 is 0 Å².